The average Bonchev–Trinajstić information content (AvgIpc) is 3.11. The molecule has 3 rings (SSSR count). The SMILES string of the molecule is COc1cccc(Oc2ccc(NC(=O)N3CCC(NC(C)=O)C3)cn2)c1. The van der Waals surface area contributed by atoms with Crippen LogP contribution in [0, 0.1) is 0 Å². The third-order valence-electron chi connectivity index (χ3n) is 4.13. The topological polar surface area (TPSA) is 92.8 Å². The number of carbonyl (C=O) groups is 2. The number of rotatable bonds is 5. The predicted molar refractivity (Wildman–Crippen MR) is 100 cm³/mol. The van der Waals surface area contributed by atoms with Crippen LogP contribution in [0.5, 0.6) is 17.4 Å². The number of nitrogens with one attached hydrogen (secondary N) is 2. The standard InChI is InChI=1S/C19H22N4O4/c1-13(24)21-15-8-9-23(12-15)19(25)22-14-6-7-18(20-11-14)27-17-5-3-4-16(10-17)26-2/h3-7,10-11,15H,8-9,12H2,1-2H3,(H,21,24)(H,22,25). The second-order valence-electron chi connectivity index (χ2n) is 6.23. The average molecular weight is 370 g/mol. The van der Waals surface area contributed by atoms with E-state index < -0.39 is 0 Å². The lowest BCUT2D eigenvalue weighted by Gasteiger charge is -2.17. The molecule has 1 aliphatic rings. The predicted octanol–water partition coefficient (Wildman–Crippen LogP) is 2.62. The van der Waals surface area contributed by atoms with Crippen LogP contribution in [-0.2, 0) is 4.79 Å². The normalized spacial score (nSPS) is 15.9. The van der Waals surface area contributed by atoms with Gasteiger partial charge in [-0.25, -0.2) is 9.78 Å². The summed E-state index contributed by atoms with van der Waals surface area (Å²) in [5.74, 6) is 1.63. The number of anilines is 1. The largest absolute Gasteiger partial charge is 0.497 e. The first kappa shape index (κ1) is 18.5. The number of hydrogen-bond donors (Lipinski definition) is 2. The van der Waals surface area contributed by atoms with Gasteiger partial charge in [0.25, 0.3) is 0 Å². The van der Waals surface area contributed by atoms with Gasteiger partial charge in [-0.05, 0) is 24.6 Å². The monoisotopic (exact) mass is 370 g/mol. The van der Waals surface area contributed by atoms with E-state index in [4.69, 9.17) is 9.47 Å². The molecule has 0 bridgehead atoms. The molecule has 0 spiro atoms. The minimum absolute atomic E-state index is 0.00464. The fourth-order valence-electron chi connectivity index (χ4n) is 2.85. The molecule has 0 saturated carbocycles. The van der Waals surface area contributed by atoms with Gasteiger partial charge in [0, 0.05) is 38.2 Å². The summed E-state index contributed by atoms with van der Waals surface area (Å²) in [4.78, 5) is 29.3. The Kier molecular flexibility index (Phi) is 5.75. The summed E-state index contributed by atoms with van der Waals surface area (Å²) in [6, 6.07) is 10.4. The van der Waals surface area contributed by atoms with Crippen molar-refractivity contribution in [3.63, 3.8) is 0 Å². The number of amides is 3. The van der Waals surface area contributed by atoms with Crippen LogP contribution in [0.15, 0.2) is 42.6 Å². The lowest BCUT2D eigenvalue weighted by molar-refractivity contribution is -0.119. The molecule has 0 aliphatic carbocycles. The minimum Gasteiger partial charge on any atom is -0.497 e. The summed E-state index contributed by atoms with van der Waals surface area (Å²) in [6.07, 6.45) is 2.29. The number of pyridine rings is 1. The highest BCUT2D eigenvalue weighted by Crippen LogP contribution is 2.24. The van der Waals surface area contributed by atoms with E-state index in [-0.39, 0.29) is 18.0 Å². The number of methoxy groups -OCH3 is 1. The summed E-state index contributed by atoms with van der Waals surface area (Å²) in [7, 11) is 1.59. The van der Waals surface area contributed by atoms with Crippen molar-refractivity contribution in [1.29, 1.82) is 0 Å². The highest BCUT2D eigenvalue weighted by atomic mass is 16.5. The lowest BCUT2D eigenvalue weighted by atomic mass is 10.3. The van der Waals surface area contributed by atoms with Crippen LogP contribution in [0.1, 0.15) is 13.3 Å². The quantitative estimate of drug-likeness (QED) is 0.844. The molecule has 3 amide bonds. The van der Waals surface area contributed by atoms with E-state index in [2.05, 4.69) is 15.6 Å². The molecule has 1 unspecified atom stereocenters. The number of aromatic nitrogens is 1. The number of nitrogens with zero attached hydrogens (tertiary/aromatic N) is 2. The lowest BCUT2D eigenvalue weighted by Crippen LogP contribution is -2.38. The van der Waals surface area contributed by atoms with Crippen molar-refractivity contribution in [3.8, 4) is 17.4 Å². The zero-order valence-corrected chi connectivity index (χ0v) is 15.3. The second kappa shape index (κ2) is 8.39. The Morgan fingerprint density at radius 2 is 2.04 bits per heavy atom. The Morgan fingerprint density at radius 1 is 1.22 bits per heavy atom. The van der Waals surface area contributed by atoms with Crippen molar-refractivity contribution in [2.24, 2.45) is 0 Å². The third-order valence-corrected chi connectivity index (χ3v) is 4.13. The molecule has 8 nitrogen and oxygen atoms in total. The van der Waals surface area contributed by atoms with E-state index >= 15 is 0 Å². The van der Waals surface area contributed by atoms with Crippen molar-refractivity contribution >= 4 is 17.6 Å². The van der Waals surface area contributed by atoms with E-state index in [0.717, 1.165) is 6.42 Å². The Bertz CT molecular complexity index is 810. The van der Waals surface area contributed by atoms with E-state index in [1.807, 2.05) is 12.1 Å². The molecule has 8 heteroatoms. The van der Waals surface area contributed by atoms with Gasteiger partial charge < -0.3 is 25.0 Å². The number of urea groups is 1. The van der Waals surface area contributed by atoms with Gasteiger partial charge in [0.05, 0.1) is 19.0 Å². The second-order valence-corrected chi connectivity index (χ2v) is 6.23. The van der Waals surface area contributed by atoms with Crippen molar-refractivity contribution in [2.45, 2.75) is 19.4 Å². The fraction of sp³-hybridized carbons (Fsp3) is 0.316. The highest BCUT2D eigenvalue weighted by Gasteiger charge is 2.26. The number of hydrogen-bond acceptors (Lipinski definition) is 5. The molecule has 1 aromatic carbocycles. The maximum atomic E-state index is 12.3. The van der Waals surface area contributed by atoms with Crippen LogP contribution in [0.3, 0.4) is 0 Å². The third kappa shape index (κ3) is 5.10. The van der Waals surface area contributed by atoms with Gasteiger partial charge in [-0.15, -0.1) is 0 Å². The van der Waals surface area contributed by atoms with Gasteiger partial charge in [0.2, 0.25) is 11.8 Å². The molecule has 27 heavy (non-hydrogen) atoms. The molecule has 0 radical (unpaired) electrons. The first-order valence-corrected chi connectivity index (χ1v) is 8.64. The molecule has 2 heterocycles. The maximum Gasteiger partial charge on any atom is 0.321 e. The molecular formula is C19H22N4O4. The summed E-state index contributed by atoms with van der Waals surface area (Å²) in [5.41, 5.74) is 0.570. The Hall–Kier alpha value is -3.29. The first-order valence-electron chi connectivity index (χ1n) is 8.64. The van der Waals surface area contributed by atoms with Gasteiger partial charge in [-0.1, -0.05) is 6.07 Å². The Labute approximate surface area is 157 Å². The molecule has 1 atom stereocenters. The number of likely N-dealkylation sites (tertiary alicyclic amines) is 1. The highest BCUT2D eigenvalue weighted by molar-refractivity contribution is 5.89. The van der Waals surface area contributed by atoms with Crippen LogP contribution < -0.4 is 20.1 Å². The summed E-state index contributed by atoms with van der Waals surface area (Å²) in [5, 5.41) is 5.63. The van der Waals surface area contributed by atoms with E-state index in [1.165, 1.54) is 13.1 Å². The summed E-state index contributed by atoms with van der Waals surface area (Å²) < 4.78 is 10.8. The molecular weight excluding hydrogens is 348 g/mol. The number of carbonyl (C=O) groups excluding carboxylic acids is 2. The van der Waals surface area contributed by atoms with Gasteiger partial charge >= 0.3 is 6.03 Å². The maximum absolute atomic E-state index is 12.3. The number of benzene rings is 1. The molecule has 1 aliphatic heterocycles. The van der Waals surface area contributed by atoms with Gasteiger partial charge in [-0.2, -0.15) is 0 Å². The van der Waals surface area contributed by atoms with Crippen LogP contribution in [-0.4, -0.2) is 48.1 Å². The Balaban J connectivity index is 1.54. The van der Waals surface area contributed by atoms with Gasteiger partial charge in [0.1, 0.15) is 11.5 Å². The molecule has 1 aromatic heterocycles. The van der Waals surface area contributed by atoms with Crippen LogP contribution in [0.4, 0.5) is 10.5 Å². The van der Waals surface area contributed by atoms with Crippen LogP contribution >= 0.6 is 0 Å². The van der Waals surface area contributed by atoms with Crippen LogP contribution in [0.2, 0.25) is 0 Å². The van der Waals surface area contributed by atoms with Crippen molar-refractivity contribution < 1.29 is 19.1 Å². The minimum atomic E-state index is -0.217. The molecule has 142 valence electrons. The summed E-state index contributed by atoms with van der Waals surface area (Å²) in [6.45, 7) is 2.57. The first-order chi connectivity index (χ1) is 13.0. The van der Waals surface area contributed by atoms with Crippen molar-refractivity contribution in [1.82, 2.24) is 15.2 Å². The van der Waals surface area contributed by atoms with Crippen LogP contribution in [0.25, 0.3) is 0 Å². The smallest absolute Gasteiger partial charge is 0.321 e. The molecule has 2 aromatic rings. The molecule has 2 N–H and O–H groups in total. The molecule has 1 saturated heterocycles. The fourth-order valence-corrected chi connectivity index (χ4v) is 2.85. The summed E-state index contributed by atoms with van der Waals surface area (Å²) >= 11 is 0. The number of ether oxygens (including phenoxy) is 2. The van der Waals surface area contributed by atoms with E-state index in [0.29, 0.717) is 36.2 Å². The Morgan fingerprint density at radius 3 is 2.74 bits per heavy atom. The van der Waals surface area contributed by atoms with E-state index in [1.54, 1.807) is 36.3 Å². The van der Waals surface area contributed by atoms with Crippen molar-refractivity contribution in [3.05, 3.63) is 42.6 Å². The zero-order valence-electron chi connectivity index (χ0n) is 15.3. The zero-order chi connectivity index (χ0) is 19.2. The molecule has 1 fully saturated rings. The van der Waals surface area contributed by atoms with Gasteiger partial charge in [0.15, 0.2) is 0 Å². The van der Waals surface area contributed by atoms with Gasteiger partial charge in [-0.3, -0.25) is 4.79 Å². The van der Waals surface area contributed by atoms with Crippen molar-refractivity contribution in [2.75, 3.05) is 25.5 Å². The van der Waals surface area contributed by atoms with E-state index in [9.17, 15) is 9.59 Å².